The highest BCUT2D eigenvalue weighted by Gasteiger charge is 2.17. The van der Waals surface area contributed by atoms with Crippen LogP contribution in [0.25, 0.3) is 21.8 Å². The fourth-order valence-electron chi connectivity index (χ4n) is 2.85. The topological polar surface area (TPSA) is 22.0 Å². The minimum atomic E-state index is -0.0321. The van der Waals surface area contributed by atoms with Gasteiger partial charge in [-0.25, -0.2) is 0 Å². The second-order valence-electron chi connectivity index (χ2n) is 5.12. The summed E-state index contributed by atoms with van der Waals surface area (Å²) >= 11 is 12.2. The first-order valence-electron chi connectivity index (χ1n) is 6.31. The molecule has 4 heteroatoms. The molecule has 0 bridgehead atoms. The Morgan fingerprint density at radius 3 is 2.30 bits per heavy atom. The number of hydrogen-bond acceptors (Lipinski definition) is 1. The van der Waals surface area contributed by atoms with Gasteiger partial charge in [-0.3, -0.25) is 9.36 Å². The minimum absolute atomic E-state index is 0.0321. The van der Waals surface area contributed by atoms with E-state index in [-0.39, 0.29) is 5.91 Å². The summed E-state index contributed by atoms with van der Waals surface area (Å²) in [6, 6.07) is 7.74. The number of rotatable bonds is 0. The van der Waals surface area contributed by atoms with Crippen LogP contribution in [0.4, 0.5) is 0 Å². The lowest BCUT2D eigenvalue weighted by Crippen LogP contribution is -2.05. The van der Waals surface area contributed by atoms with E-state index < -0.39 is 0 Å². The summed E-state index contributed by atoms with van der Waals surface area (Å²) in [6.07, 6.45) is 0. The molecule has 20 heavy (non-hydrogen) atoms. The molecule has 0 aliphatic heterocycles. The van der Waals surface area contributed by atoms with Gasteiger partial charge in [-0.2, -0.15) is 0 Å². The first-order chi connectivity index (χ1) is 9.40. The summed E-state index contributed by atoms with van der Waals surface area (Å²) in [6.45, 7) is 5.61. The Morgan fingerprint density at radius 2 is 1.65 bits per heavy atom. The molecule has 0 saturated heterocycles. The molecule has 3 aromatic rings. The van der Waals surface area contributed by atoms with Crippen molar-refractivity contribution in [3.05, 3.63) is 45.4 Å². The lowest BCUT2D eigenvalue weighted by molar-refractivity contribution is 0.0946. The van der Waals surface area contributed by atoms with Crippen LogP contribution in [0.2, 0.25) is 10.0 Å². The van der Waals surface area contributed by atoms with Crippen molar-refractivity contribution >= 4 is 50.9 Å². The van der Waals surface area contributed by atoms with Crippen molar-refractivity contribution in [2.24, 2.45) is 0 Å². The van der Waals surface area contributed by atoms with Gasteiger partial charge in [0.1, 0.15) is 0 Å². The van der Waals surface area contributed by atoms with E-state index in [4.69, 9.17) is 23.2 Å². The molecule has 102 valence electrons. The van der Waals surface area contributed by atoms with Crippen LogP contribution in [0.1, 0.15) is 22.8 Å². The fourth-order valence-corrected chi connectivity index (χ4v) is 3.17. The largest absolute Gasteiger partial charge is 0.280 e. The molecule has 1 heterocycles. The third-order valence-corrected chi connectivity index (χ3v) is 4.28. The molecule has 1 aromatic heterocycles. The van der Waals surface area contributed by atoms with Crippen molar-refractivity contribution in [2.75, 3.05) is 0 Å². The first kappa shape index (κ1) is 13.5. The maximum absolute atomic E-state index is 12.1. The molecule has 0 saturated carbocycles. The zero-order chi connectivity index (χ0) is 14.6. The van der Waals surface area contributed by atoms with E-state index in [0.29, 0.717) is 10.0 Å². The Bertz CT molecular complexity index is 877. The standard InChI is InChI=1S/C16H13Cl2NO/c1-8-4-9(2)16-12(5-8)11-6-13(17)14(18)7-15(11)19(16)10(3)20/h4-7H,1-3H3. The molecular weight excluding hydrogens is 293 g/mol. The molecule has 2 nitrogen and oxygen atoms in total. The van der Waals surface area contributed by atoms with Crippen LogP contribution in [0.15, 0.2) is 24.3 Å². The Kier molecular flexibility index (Phi) is 3.03. The Morgan fingerprint density at radius 1 is 1.00 bits per heavy atom. The lowest BCUT2D eigenvalue weighted by Gasteiger charge is -2.05. The molecule has 0 amide bonds. The molecule has 0 spiro atoms. The maximum Gasteiger partial charge on any atom is 0.228 e. The summed E-state index contributed by atoms with van der Waals surface area (Å²) in [7, 11) is 0. The third-order valence-electron chi connectivity index (χ3n) is 3.55. The highest BCUT2D eigenvalue weighted by atomic mass is 35.5. The summed E-state index contributed by atoms with van der Waals surface area (Å²) in [5.41, 5.74) is 3.95. The first-order valence-corrected chi connectivity index (χ1v) is 7.07. The second kappa shape index (κ2) is 4.51. The SMILES string of the molecule is CC(=O)n1c2cc(Cl)c(Cl)cc2c2cc(C)cc(C)c21. The highest BCUT2D eigenvalue weighted by molar-refractivity contribution is 6.43. The summed E-state index contributed by atoms with van der Waals surface area (Å²) in [5.74, 6) is -0.0321. The molecule has 0 aliphatic carbocycles. The zero-order valence-electron chi connectivity index (χ0n) is 11.4. The molecule has 0 aliphatic rings. The van der Waals surface area contributed by atoms with Crippen molar-refractivity contribution < 1.29 is 4.79 Å². The second-order valence-corrected chi connectivity index (χ2v) is 5.93. The van der Waals surface area contributed by atoms with E-state index in [2.05, 4.69) is 12.1 Å². The molecule has 3 rings (SSSR count). The number of aromatic nitrogens is 1. The normalized spacial score (nSPS) is 11.4. The maximum atomic E-state index is 12.1. The van der Waals surface area contributed by atoms with E-state index in [1.54, 1.807) is 17.6 Å². The van der Waals surface area contributed by atoms with Gasteiger partial charge in [0.05, 0.1) is 21.1 Å². The van der Waals surface area contributed by atoms with Crippen LogP contribution >= 0.6 is 23.2 Å². The van der Waals surface area contributed by atoms with Crippen LogP contribution in [0, 0.1) is 13.8 Å². The van der Waals surface area contributed by atoms with E-state index in [1.807, 2.05) is 19.9 Å². The molecule has 0 atom stereocenters. The number of nitrogens with zero attached hydrogens (tertiary/aromatic N) is 1. The van der Waals surface area contributed by atoms with Crippen molar-refractivity contribution in [1.82, 2.24) is 4.57 Å². The van der Waals surface area contributed by atoms with Crippen LogP contribution in [0.5, 0.6) is 0 Å². The Hall–Kier alpha value is -1.51. The summed E-state index contributed by atoms with van der Waals surface area (Å²) in [5, 5.41) is 2.95. The third kappa shape index (κ3) is 1.83. The van der Waals surface area contributed by atoms with Gasteiger partial charge >= 0.3 is 0 Å². The monoisotopic (exact) mass is 305 g/mol. The van der Waals surface area contributed by atoms with Crippen molar-refractivity contribution in [3.8, 4) is 0 Å². The van der Waals surface area contributed by atoms with Crippen molar-refractivity contribution in [2.45, 2.75) is 20.8 Å². The van der Waals surface area contributed by atoms with Crippen molar-refractivity contribution in [3.63, 3.8) is 0 Å². The van der Waals surface area contributed by atoms with Gasteiger partial charge in [0.25, 0.3) is 0 Å². The average molecular weight is 306 g/mol. The van der Waals surface area contributed by atoms with Gasteiger partial charge < -0.3 is 0 Å². The van der Waals surface area contributed by atoms with Gasteiger partial charge in [0.15, 0.2) is 0 Å². The van der Waals surface area contributed by atoms with Gasteiger partial charge in [0.2, 0.25) is 5.91 Å². The highest BCUT2D eigenvalue weighted by Crippen LogP contribution is 2.36. The van der Waals surface area contributed by atoms with Gasteiger partial charge in [0, 0.05) is 17.7 Å². The lowest BCUT2D eigenvalue weighted by atomic mass is 10.1. The fraction of sp³-hybridized carbons (Fsp3) is 0.188. The minimum Gasteiger partial charge on any atom is -0.280 e. The van der Waals surface area contributed by atoms with Crippen LogP contribution in [-0.2, 0) is 0 Å². The number of halogens is 2. The van der Waals surface area contributed by atoms with Gasteiger partial charge in [-0.15, -0.1) is 0 Å². The van der Waals surface area contributed by atoms with E-state index in [1.165, 1.54) is 0 Å². The van der Waals surface area contributed by atoms with Crippen molar-refractivity contribution in [1.29, 1.82) is 0 Å². The van der Waals surface area contributed by atoms with E-state index in [9.17, 15) is 4.79 Å². The van der Waals surface area contributed by atoms with Crippen LogP contribution in [0.3, 0.4) is 0 Å². The number of carbonyl (C=O) groups is 1. The molecular formula is C16H13Cl2NO. The van der Waals surface area contributed by atoms with Crippen LogP contribution < -0.4 is 0 Å². The molecule has 0 fully saturated rings. The Balaban J connectivity index is 2.66. The number of fused-ring (bicyclic) bond motifs is 3. The summed E-state index contributed by atoms with van der Waals surface area (Å²) < 4.78 is 1.71. The quantitative estimate of drug-likeness (QED) is 0.546. The molecule has 2 aromatic carbocycles. The van der Waals surface area contributed by atoms with Crippen LogP contribution in [-0.4, -0.2) is 10.5 Å². The smallest absolute Gasteiger partial charge is 0.228 e. The van der Waals surface area contributed by atoms with Gasteiger partial charge in [-0.1, -0.05) is 34.8 Å². The van der Waals surface area contributed by atoms with Gasteiger partial charge in [-0.05, 0) is 37.6 Å². The number of hydrogen-bond donors (Lipinski definition) is 0. The number of aryl methyl sites for hydroxylation is 2. The molecule has 0 N–H and O–H groups in total. The molecule has 0 radical (unpaired) electrons. The zero-order valence-corrected chi connectivity index (χ0v) is 12.9. The average Bonchev–Trinajstić information content (AvgIpc) is 2.64. The van der Waals surface area contributed by atoms with E-state index >= 15 is 0 Å². The summed E-state index contributed by atoms with van der Waals surface area (Å²) in [4.78, 5) is 12.1. The number of benzene rings is 2. The predicted octanol–water partition coefficient (Wildman–Crippen LogP) is 5.38. The Labute approximate surface area is 126 Å². The molecule has 0 unspecified atom stereocenters. The van der Waals surface area contributed by atoms with E-state index in [0.717, 1.165) is 32.9 Å². The predicted molar refractivity (Wildman–Crippen MR) is 85.2 cm³/mol. The number of carbonyl (C=O) groups excluding carboxylic acids is 1.